The highest BCUT2D eigenvalue weighted by Gasteiger charge is 2.45. The highest BCUT2D eigenvalue weighted by atomic mass is 19.1. The fraction of sp³-hybridized carbons (Fsp3) is 0.517. The van der Waals surface area contributed by atoms with Gasteiger partial charge < -0.3 is 14.5 Å². The van der Waals surface area contributed by atoms with E-state index >= 15 is 4.39 Å². The second kappa shape index (κ2) is 10.9. The number of carbonyl (C=O) groups is 1. The lowest BCUT2D eigenvalue weighted by molar-refractivity contribution is -0.128. The molecule has 3 aromatic heterocycles. The number of fused-ring (bicyclic) bond motifs is 2. The van der Waals surface area contributed by atoms with Gasteiger partial charge in [-0.3, -0.25) is 14.7 Å². The van der Waals surface area contributed by atoms with Crippen LogP contribution in [0.5, 0.6) is 6.01 Å². The quantitative estimate of drug-likeness (QED) is 0.416. The van der Waals surface area contributed by atoms with Crippen LogP contribution in [-0.4, -0.2) is 92.0 Å². The summed E-state index contributed by atoms with van der Waals surface area (Å²) in [5, 5.41) is 0.474. The normalized spacial score (nSPS) is 19.2. The van der Waals surface area contributed by atoms with E-state index in [9.17, 15) is 9.18 Å². The van der Waals surface area contributed by atoms with Crippen molar-refractivity contribution in [3.63, 3.8) is 0 Å². The van der Waals surface area contributed by atoms with Crippen LogP contribution in [0.1, 0.15) is 48.6 Å². The maximum atomic E-state index is 15.2. The van der Waals surface area contributed by atoms with Gasteiger partial charge in [0, 0.05) is 44.1 Å². The first-order chi connectivity index (χ1) is 19.7. The van der Waals surface area contributed by atoms with E-state index in [1.54, 1.807) is 33.0 Å². The number of pyridine rings is 1. The number of carbonyl (C=O) groups excluding carboxylic acids is 1. The summed E-state index contributed by atoms with van der Waals surface area (Å²) < 4.78 is 36.3. The molecule has 216 valence electrons. The van der Waals surface area contributed by atoms with Crippen LogP contribution in [-0.2, 0) is 4.79 Å². The third-order valence-corrected chi connectivity index (χ3v) is 8.43. The molecule has 3 aliphatic rings. The Bertz CT molecular complexity index is 1490. The van der Waals surface area contributed by atoms with Gasteiger partial charge in [0.05, 0.1) is 22.3 Å². The molecule has 3 aromatic rings. The zero-order valence-electron chi connectivity index (χ0n) is 23.7. The number of halogens is 2. The first-order valence-corrected chi connectivity index (χ1v) is 14.2. The van der Waals surface area contributed by atoms with Crippen LogP contribution < -0.4 is 9.64 Å². The summed E-state index contributed by atoms with van der Waals surface area (Å²) in [5.41, 5.74) is 1.45. The Hall–Kier alpha value is -3.80. The van der Waals surface area contributed by atoms with Crippen molar-refractivity contribution >= 4 is 28.7 Å². The van der Waals surface area contributed by atoms with Crippen molar-refractivity contribution < 1.29 is 18.3 Å². The molecule has 0 aromatic carbocycles. The van der Waals surface area contributed by atoms with E-state index in [1.165, 1.54) is 4.90 Å². The Morgan fingerprint density at radius 2 is 1.76 bits per heavy atom. The lowest BCUT2D eigenvalue weighted by Gasteiger charge is -2.35. The molecule has 0 bridgehead atoms. The van der Waals surface area contributed by atoms with Gasteiger partial charge in [0.15, 0.2) is 11.6 Å². The molecule has 0 atom stereocenters. The number of anilines is 1. The summed E-state index contributed by atoms with van der Waals surface area (Å²) in [6.45, 7) is 9.01. The summed E-state index contributed by atoms with van der Waals surface area (Å²) in [7, 11) is 0. The number of nitrogens with zero attached hydrogens (tertiary/aromatic N) is 8. The lowest BCUT2D eigenvalue weighted by atomic mass is 9.95. The van der Waals surface area contributed by atoms with Crippen LogP contribution in [0.4, 0.5) is 14.6 Å². The minimum Gasteiger partial charge on any atom is -0.461 e. The molecule has 0 saturated carbocycles. The van der Waals surface area contributed by atoms with Crippen LogP contribution in [0.3, 0.4) is 0 Å². The second-order valence-electron chi connectivity index (χ2n) is 11.2. The summed E-state index contributed by atoms with van der Waals surface area (Å²) >= 11 is 0. The number of hydrogen-bond acceptors (Lipinski definition) is 9. The summed E-state index contributed by atoms with van der Waals surface area (Å²) in [6, 6.07) is 1.76. The average Bonchev–Trinajstić information content (AvgIpc) is 3.53. The Kier molecular flexibility index (Phi) is 7.27. The number of piperazine rings is 1. The van der Waals surface area contributed by atoms with Crippen LogP contribution in [0.2, 0.25) is 0 Å². The van der Waals surface area contributed by atoms with Crippen molar-refractivity contribution in [2.24, 2.45) is 0 Å². The van der Waals surface area contributed by atoms with E-state index in [2.05, 4.69) is 24.8 Å². The predicted molar refractivity (Wildman–Crippen MR) is 150 cm³/mol. The number of hydrogen-bond donors (Lipinski definition) is 0. The molecule has 0 radical (unpaired) electrons. The Morgan fingerprint density at radius 1 is 1.02 bits per heavy atom. The standard InChI is InChI=1S/C29H34F2N8O2/c1-18-14-21(34-20(3)33-18)15-23(30)27(40)38-12-10-37(11-13-38)26-22-16-32-19(2)24(31)25(22)35-28(36-26)41-17-29-6-4-8-39(29)9-5-7-29/h14-16H,4-13,17H2,1-3H3/b23-15-. The van der Waals surface area contributed by atoms with Gasteiger partial charge in [-0.15, -0.1) is 0 Å². The molecule has 3 fully saturated rings. The van der Waals surface area contributed by atoms with Crippen molar-refractivity contribution in [2.45, 2.75) is 52.0 Å². The topological polar surface area (TPSA) is 100 Å². The largest absolute Gasteiger partial charge is 0.461 e. The maximum Gasteiger partial charge on any atom is 0.319 e. The first kappa shape index (κ1) is 27.4. The summed E-state index contributed by atoms with van der Waals surface area (Å²) in [4.78, 5) is 40.5. The Morgan fingerprint density at radius 3 is 2.46 bits per heavy atom. The number of ether oxygens (including phenoxy) is 1. The van der Waals surface area contributed by atoms with E-state index in [0.29, 0.717) is 48.1 Å². The summed E-state index contributed by atoms with van der Waals surface area (Å²) in [5.74, 6) is -1.08. The van der Waals surface area contributed by atoms with Crippen LogP contribution in [0, 0.1) is 26.6 Å². The molecule has 3 aliphatic heterocycles. The molecule has 1 amide bonds. The van der Waals surface area contributed by atoms with Gasteiger partial charge in [-0.25, -0.2) is 18.7 Å². The SMILES string of the molecule is Cc1cc(/C=C(\F)C(=O)N2CCN(c3nc(OCC45CCCN4CCC5)nc4c(F)c(C)ncc34)CC2)nc(C)n1. The molecular formula is C29H34F2N8O2. The zero-order chi connectivity index (χ0) is 28.7. The van der Waals surface area contributed by atoms with Crippen molar-refractivity contribution in [1.82, 2.24) is 34.7 Å². The minimum atomic E-state index is -0.881. The number of amides is 1. The van der Waals surface area contributed by atoms with E-state index in [1.807, 2.05) is 4.90 Å². The Balaban J connectivity index is 1.21. The van der Waals surface area contributed by atoms with Gasteiger partial charge in [0.2, 0.25) is 0 Å². The van der Waals surface area contributed by atoms with E-state index in [0.717, 1.165) is 44.8 Å². The molecule has 3 saturated heterocycles. The predicted octanol–water partition coefficient (Wildman–Crippen LogP) is 3.55. The van der Waals surface area contributed by atoms with Gasteiger partial charge in [0.25, 0.3) is 5.91 Å². The molecule has 0 aliphatic carbocycles. The van der Waals surface area contributed by atoms with Gasteiger partial charge in [-0.05, 0) is 65.6 Å². The smallest absolute Gasteiger partial charge is 0.319 e. The van der Waals surface area contributed by atoms with Crippen molar-refractivity contribution in [1.29, 1.82) is 0 Å². The molecule has 6 heterocycles. The van der Waals surface area contributed by atoms with E-state index < -0.39 is 17.6 Å². The van der Waals surface area contributed by atoms with Gasteiger partial charge in [0.1, 0.15) is 23.8 Å². The fourth-order valence-corrected chi connectivity index (χ4v) is 6.36. The lowest BCUT2D eigenvalue weighted by Crippen LogP contribution is -2.49. The minimum absolute atomic E-state index is 0.00205. The molecule has 0 N–H and O–H groups in total. The molecular weight excluding hydrogens is 530 g/mol. The molecule has 10 nitrogen and oxygen atoms in total. The number of aryl methyl sites for hydroxylation is 3. The van der Waals surface area contributed by atoms with Crippen molar-refractivity contribution in [2.75, 3.05) is 50.8 Å². The van der Waals surface area contributed by atoms with Crippen LogP contribution in [0.25, 0.3) is 17.0 Å². The Labute approximate surface area is 237 Å². The molecule has 12 heteroatoms. The fourth-order valence-electron chi connectivity index (χ4n) is 6.36. The monoisotopic (exact) mass is 564 g/mol. The van der Waals surface area contributed by atoms with Gasteiger partial charge >= 0.3 is 6.01 Å². The van der Waals surface area contributed by atoms with Gasteiger partial charge in [-0.1, -0.05) is 0 Å². The zero-order valence-corrected chi connectivity index (χ0v) is 23.7. The number of rotatable bonds is 6. The molecule has 41 heavy (non-hydrogen) atoms. The van der Waals surface area contributed by atoms with Crippen LogP contribution in [0.15, 0.2) is 18.1 Å². The third kappa shape index (κ3) is 5.32. The molecule has 0 unspecified atom stereocenters. The third-order valence-electron chi connectivity index (χ3n) is 8.43. The first-order valence-electron chi connectivity index (χ1n) is 14.2. The average molecular weight is 565 g/mol. The summed E-state index contributed by atoms with van der Waals surface area (Å²) in [6.07, 6.45) is 7.15. The highest BCUT2D eigenvalue weighted by molar-refractivity contribution is 5.95. The van der Waals surface area contributed by atoms with Gasteiger partial charge in [-0.2, -0.15) is 9.97 Å². The molecule has 6 rings (SSSR count). The number of aromatic nitrogens is 5. The van der Waals surface area contributed by atoms with Crippen LogP contribution >= 0.6 is 0 Å². The van der Waals surface area contributed by atoms with E-state index in [4.69, 9.17) is 9.72 Å². The highest BCUT2D eigenvalue weighted by Crippen LogP contribution is 2.39. The van der Waals surface area contributed by atoms with Crippen molar-refractivity contribution in [3.05, 3.63) is 46.8 Å². The maximum absolute atomic E-state index is 15.2. The van der Waals surface area contributed by atoms with Crippen molar-refractivity contribution in [3.8, 4) is 6.01 Å². The van der Waals surface area contributed by atoms with E-state index in [-0.39, 0.29) is 35.8 Å². The second-order valence-corrected chi connectivity index (χ2v) is 11.2. The molecule has 0 spiro atoms.